The van der Waals surface area contributed by atoms with Gasteiger partial charge in [0.05, 0.1) is 4.90 Å². The molecule has 21 heavy (non-hydrogen) atoms. The summed E-state index contributed by atoms with van der Waals surface area (Å²) in [4.78, 5) is 12.1. The molecule has 0 aliphatic carbocycles. The van der Waals surface area contributed by atoms with Gasteiger partial charge in [0.15, 0.2) is 0 Å². The first-order chi connectivity index (χ1) is 9.89. The average molecular weight is 311 g/mol. The van der Waals surface area contributed by atoms with Crippen LogP contribution in [0.1, 0.15) is 19.3 Å². The van der Waals surface area contributed by atoms with E-state index in [1.54, 1.807) is 12.1 Å². The number of anilines is 1. The van der Waals surface area contributed by atoms with Crippen molar-refractivity contribution in [2.24, 2.45) is 0 Å². The van der Waals surface area contributed by atoms with E-state index < -0.39 is 10.0 Å². The Labute approximate surface area is 125 Å². The molecular weight excluding hydrogens is 290 g/mol. The van der Waals surface area contributed by atoms with Crippen molar-refractivity contribution in [2.75, 3.05) is 26.0 Å². The standard InChI is InChI=1S/C14H21N3O3S/c1-17(2)21(19,20)13-7-3-5-12(9-13)16-14(18)10-11-6-4-8-15-11/h3,5,7,9,11,15H,4,6,8,10H2,1-2H3,(H,16,18). The van der Waals surface area contributed by atoms with Crippen molar-refractivity contribution in [1.29, 1.82) is 0 Å². The maximum absolute atomic E-state index is 12.1. The zero-order valence-electron chi connectivity index (χ0n) is 12.3. The normalized spacial score (nSPS) is 18.9. The van der Waals surface area contributed by atoms with E-state index in [1.165, 1.54) is 26.2 Å². The summed E-state index contributed by atoms with van der Waals surface area (Å²) in [6.45, 7) is 0.953. The summed E-state index contributed by atoms with van der Waals surface area (Å²) >= 11 is 0. The Kier molecular flexibility index (Phi) is 4.97. The third kappa shape index (κ3) is 4.03. The molecular formula is C14H21N3O3S. The Balaban J connectivity index is 2.05. The zero-order chi connectivity index (χ0) is 15.5. The van der Waals surface area contributed by atoms with Gasteiger partial charge in [-0.1, -0.05) is 6.07 Å². The molecule has 7 heteroatoms. The fourth-order valence-electron chi connectivity index (χ4n) is 2.31. The van der Waals surface area contributed by atoms with Crippen molar-refractivity contribution in [3.05, 3.63) is 24.3 Å². The third-order valence-electron chi connectivity index (χ3n) is 3.49. The Morgan fingerprint density at radius 1 is 1.43 bits per heavy atom. The molecule has 0 saturated carbocycles. The lowest BCUT2D eigenvalue weighted by Crippen LogP contribution is -2.27. The molecule has 0 bridgehead atoms. The summed E-state index contributed by atoms with van der Waals surface area (Å²) in [6, 6.07) is 6.53. The highest BCUT2D eigenvalue weighted by atomic mass is 32.2. The van der Waals surface area contributed by atoms with Gasteiger partial charge in [0.2, 0.25) is 15.9 Å². The number of nitrogens with zero attached hydrogens (tertiary/aromatic N) is 1. The lowest BCUT2D eigenvalue weighted by atomic mass is 10.1. The topological polar surface area (TPSA) is 78.5 Å². The summed E-state index contributed by atoms with van der Waals surface area (Å²) in [7, 11) is -0.531. The van der Waals surface area contributed by atoms with Crippen LogP contribution in [0.5, 0.6) is 0 Å². The molecule has 1 aliphatic heterocycles. The van der Waals surface area contributed by atoms with E-state index >= 15 is 0 Å². The van der Waals surface area contributed by atoms with Crippen molar-refractivity contribution in [3.8, 4) is 0 Å². The summed E-state index contributed by atoms with van der Waals surface area (Å²) in [5, 5.41) is 6.02. The highest BCUT2D eigenvalue weighted by molar-refractivity contribution is 7.89. The summed E-state index contributed by atoms with van der Waals surface area (Å²) in [6.07, 6.45) is 2.50. The second-order valence-corrected chi connectivity index (χ2v) is 7.51. The van der Waals surface area contributed by atoms with E-state index in [0.717, 1.165) is 23.7 Å². The van der Waals surface area contributed by atoms with Crippen molar-refractivity contribution >= 4 is 21.6 Å². The predicted octanol–water partition coefficient (Wildman–Crippen LogP) is 1.02. The number of benzene rings is 1. The minimum absolute atomic E-state index is 0.103. The monoisotopic (exact) mass is 311 g/mol. The maximum atomic E-state index is 12.1. The molecule has 1 aromatic carbocycles. The van der Waals surface area contributed by atoms with E-state index in [-0.39, 0.29) is 16.8 Å². The Morgan fingerprint density at radius 3 is 2.81 bits per heavy atom. The van der Waals surface area contributed by atoms with E-state index in [0.29, 0.717) is 12.1 Å². The highest BCUT2D eigenvalue weighted by Crippen LogP contribution is 2.18. The number of hydrogen-bond donors (Lipinski definition) is 2. The lowest BCUT2D eigenvalue weighted by molar-refractivity contribution is -0.116. The van der Waals surface area contributed by atoms with Crippen molar-refractivity contribution < 1.29 is 13.2 Å². The number of rotatable bonds is 5. The molecule has 1 fully saturated rings. The number of carbonyl (C=O) groups excluding carboxylic acids is 1. The Morgan fingerprint density at radius 2 is 2.19 bits per heavy atom. The Hall–Kier alpha value is -1.44. The quantitative estimate of drug-likeness (QED) is 0.851. The number of sulfonamides is 1. The minimum Gasteiger partial charge on any atom is -0.326 e. The van der Waals surface area contributed by atoms with Gasteiger partial charge in [0.25, 0.3) is 0 Å². The van der Waals surface area contributed by atoms with Crippen LogP contribution in [0, 0.1) is 0 Å². The fourth-order valence-corrected chi connectivity index (χ4v) is 3.26. The van der Waals surface area contributed by atoms with Gasteiger partial charge >= 0.3 is 0 Å². The van der Waals surface area contributed by atoms with Gasteiger partial charge < -0.3 is 10.6 Å². The summed E-state index contributed by atoms with van der Waals surface area (Å²) in [5.74, 6) is -0.103. The molecule has 2 rings (SSSR count). The summed E-state index contributed by atoms with van der Waals surface area (Å²) < 4.78 is 25.3. The molecule has 116 valence electrons. The van der Waals surface area contributed by atoms with Crippen LogP contribution in [0.15, 0.2) is 29.2 Å². The molecule has 6 nitrogen and oxygen atoms in total. The van der Waals surface area contributed by atoms with Gasteiger partial charge in [-0.3, -0.25) is 4.79 Å². The van der Waals surface area contributed by atoms with Crippen molar-refractivity contribution in [1.82, 2.24) is 9.62 Å². The molecule has 1 atom stereocenters. The molecule has 2 N–H and O–H groups in total. The van der Waals surface area contributed by atoms with Gasteiger partial charge in [0, 0.05) is 32.2 Å². The molecule has 1 unspecified atom stereocenters. The van der Waals surface area contributed by atoms with Gasteiger partial charge in [-0.25, -0.2) is 12.7 Å². The van der Waals surface area contributed by atoms with Crippen LogP contribution in [0.4, 0.5) is 5.69 Å². The highest BCUT2D eigenvalue weighted by Gasteiger charge is 2.19. The smallest absolute Gasteiger partial charge is 0.242 e. The van der Waals surface area contributed by atoms with Gasteiger partial charge in [-0.2, -0.15) is 0 Å². The molecule has 1 aliphatic rings. The molecule has 1 heterocycles. The number of hydrogen-bond acceptors (Lipinski definition) is 4. The molecule has 0 spiro atoms. The van der Waals surface area contributed by atoms with Crippen molar-refractivity contribution in [3.63, 3.8) is 0 Å². The lowest BCUT2D eigenvalue weighted by Gasteiger charge is -2.13. The molecule has 0 aromatic heterocycles. The first-order valence-corrected chi connectivity index (χ1v) is 8.39. The van der Waals surface area contributed by atoms with Crippen LogP contribution in [-0.2, 0) is 14.8 Å². The molecule has 1 amide bonds. The second kappa shape index (κ2) is 6.55. The average Bonchev–Trinajstić information content (AvgIpc) is 2.91. The van der Waals surface area contributed by atoms with E-state index in [4.69, 9.17) is 0 Å². The fraction of sp³-hybridized carbons (Fsp3) is 0.500. The second-order valence-electron chi connectivity index (χ2n) is 5.36. The molecule has 1 saturated heterocycles. The number of amides is 1. The van der Waals surface area contributed by atoms with Crippen LogP contribution < -0.4 is 10.6 Å². The third-order valence-corrected chi connectivity index (χ3v) is 5.30. The van der Waals surface area contributed by atoms with Gasteiger partial charge in [0.1, 0.15) is 0 Å². The number of carbonyl (C=O) groups is 1. The Bertz CT molecular complexity index is 608. The maximum Gasteiger partial charge on any atom is 0.242 e. The molecule has 0 radical (unpaired) electrons. The first-order valence-electron chi connectivity index (χ1n) is 6.95. The summed E-state index contributed by atoms with van der Waals surface area (Å²) in [5.41, 5.74) is 0.501. The van der Waals surface area contributed by atoms with E-state index in [9.17, 15) is 13.2 Å². The van der Waals surface area contributed by atoms with Crippen LogP contribution in [-0.4, -0.2) is 45.3 Å². The van der Waals surface area contributed by atoms with Crippen LogP contribution in [0.3, 0.4) is 0 Å². The van der Waals surface area contributed by atoms with Crippen LogP contribution in [0.25, 0.3) is 0 Å². The SMILES string of the molecule is CN(C)S(=O)(=O)c1cccc(NC(=O)CC2CCCN2)c1. The van der Waals surface area contributed by atoms with E-state index in [1.807, 2.05) is 0 Å². The van der Waals surface area contributed by atoms with Crippen LogP contribution in [0.2, 0.25) is 0 Å². The predicted molar refractivity (Wildman–Crippen MR) is 81.6 cm³/mol. The minimum atomic E-state index is -3.49. The largest absolute Gasteiger partial charge is 0.326 e. The van der Waals surface area contributed by atoms with E-state index in [2.05, 4.69) is 10.6 Å². The molecule has 1 aromatic rings. The van der Waals surface area contributed by atoms with Crippen molar-refractivity contribution in [2.45, 2.75) is 30.2 Å². The van der Waals surface area contributed by atoms with Crippen LogP contribution >= 0.6 is 0 Å². The van der Waals surface area contributed by atoms with Gasteiger partial charge in [-0.15, -0.1) is 0 Å². The zero-order valence-corrected chi connectivity index (χ0v) is 13.1. The van der Waals surface area contributed by atoms with Gasteiger partial charge in [-0.05, 0) is 37.6 Å². The first kappa shape index (κ1) is 15.9. The number of nitrogens with one attached hydrogen (secondary N) is 2.